The molecule has 2 bridgehead atoms. The van der Waals surface area contributed by atoms with Crippen molar-refractivity contribution in [3.05, 3.63) is 58.4 Å². The van der Waals surface area contributed by atoms with Gasteiger partial charge in [-0.05, 0) is 74.6 Å². The Morgan fingerprint density at radius 3 is 2.75 bits per heavy atom. The second-order valence-electron chi connectivity index (χ2n) is 12.8. The molecule has 5 aliphatic rings. The van der Waals surface area contributed by atoms with Crippen LogP contribution in [0.15, 0.2) is 36.4 Å². The second-order valence-corrected chi connectivity index (χ2v) is 13.2. The number of benzene rings is 2. The molecule has 2 aromatic carbocycles. The van der Waals surface area contributed by atoms with Crippen molar-refractivity contribution in [3.63, 3.8) is 0 Å². The highest BCUT2D eigenvalue weighted by atomic mass is 35.5. The van der Waals surface area contributed by atoms with Crippen molar-refractivity contribution >= 4 is 28.1 Å². The van der Waals surface area contributed by atoms with E-state index in [1.54, 1.807) is 0 Å². The van der Waals surface area contributed by atoms with Gasteiger partial charge in [0.25, 0.3) is 0 Å². The van der Waals surface area contributed by atoms with Gasteiger partial charge in [-0.3, -0.25) is 4.90 Å². The van der Waals surface area contributed by atoms with Crippen LogP contribution < -0.4 is 15.0 Å². The molecule has 0 amide bonds. The number of alkyl halides is 1. The monoisotopic (exact) mass is 561 g/mol. The van der Waals surface area contributed by atoms with Crippen molar-refractivity contribution in [3.8, 4) is 6.01 Å². The van der Waals surface area contributed by atoms with Gasteiger partial charge >= 0.3 is 6.01 Å². The number of hydrogen-bond acceptors (Lipinski definition) is 6. The number of rotatable bonds is 5. The summed E-state index contributed by atoms with van der Waals surface area (Å²) in [6.07, 6.45) is 7.56. The van der Waals surface area contributed by atoms with Gasteiger partial charge in [0.2, 0.25) is 0 Å². The molecule has 4 fully saturated rings. The molecule has 0 radical (unpaired) electrons. The van der Waals surface area contributed by atoms with Gasteiger partial charge in [0.1, 0.15) is 12.8 Å². The van der Waals surface area contributed by atoms with E-state index in [0.717, 1.165) is 72.4 Å². The minimum Gasteiger partial charge on any atom is -0.461 e. The molecule has 1 N–H and O–H groups in total. The third-order valence-corrected chi connectivity index (χ3v) is 10.7. The minimum absolute atomic E-state index is 0.210. The number of anilines is 1. The topological polar surface area (TPSA) is 53.5 Å². The Morgan fingerprint density at radius 2 is 1.90 bits per heavy atom. The van der Waals surface area contributed by atoms with Gasteiger partial charge in [-0.25, -0.2) is 4.39 Å². The molecule has 5 atom stereocenters. The summed E-state index contributed by atoms with van der Waals surface area (Å²) in [4.78, 5) is 14.9. The van der Waals surface area contributed by atoms with Crippen LogP contribution in [0.3, 0.4) is 0 Å². The van der Waals surface area contributed by atoms with Crippen LogP contribution in [0, 0.1) is 0 Å². The molecule has 0 unspecified atom stereocenters. The van der Waals surface area contributed by atoms with Crippen molar-refractivity contribution < 1.29 is 9.13 Å². The molecule has 210 valence electrons. The second kappa shape index (κ2) is 9.81. The highest BCUT2D eigenvalue weighted by Gasteiger charge is 2.49. The summed E-state index contributed by atoms with van der Waals surface area (Å²) in [5.41, 5.74) is 4.52. The SMILES string of the molecule is F[C@H]1CN2CCC[C@@]2(COc2nc3c(c([C@H]4C[C@H]5CC[C@@H](C4)N5)n2)CCN(c2cccc4cccc(Cl)c24)C3)C1. The smallest absolute Gasteiger partial charge is 0.316 e. The van der Waals surface area contributed by atoms with E-state index >= 15 is 0 Å². The van der Waals surface area contributed by atoms with Crippen molar-refractivity contribution in [2.75, 3.05) is 31.1 Å². The number of aromatic nitrogens is 2. The maximum atomic E-state index is 14.4. The highest BCUT2D eigenvalue weighted by molar-refractivity contribution is 6.36. The van der Waals surface area contributed by atoms with Gasteiger partial charge in [-0.15, -0.1) is 0 Å². The Morgan fingerprint density at radius 1 is 1.07 bits per heavy atom. The number of fused-ring (bicyclic) bond motifs is 5. The van der Waals surface area contributed by atoms with E-state index in [9.17, 15) is 4.39 Å². The zero-order valence-corrected chi connectivity index (χ0v) is 23.7. The Bertz CT molecular complexity index is 1440. The lowest BCUT2D eigenvalue weighted by Crippen LogP contribution is -2.43. The van der Waals surface area contributed by atoms with Crippen LogP contribution in [-0.2, 0) is 13.0 Å². The molecular formula is C32H37ClFN5O. The summed E-state index contributed by atoms with van der Waals surface area (Å²) in [5.74, 6) is 0.430. The van der Waals surface area contributed by atoms with Crippen molar-refractivity contribution in [2.24, 2.45) is 0 Å². The molecule has 0 spiro atoms. The van der Waals surface area contributed by atoms with Crippen molar-refractivity contribution in [1.82, 2.24) is 20.2 Å². The fourth-order valence-corrected chi connectivity index (χ4v) is 8.79. The zero-order valence-electron chi connectivity index (χ0n) is 22.9. The van der Waals surface area contributed by atoms with Gasteiger partial charge < -0.3 is 15.0 Å². The van der Waals surface area contributed by atoms with Gasteiger partial charge in [-0.2, -0.15) is 9.97 Å². The summed E-state index contributed by atoms with van der Waals surface area (Å²) in [5, 5.41) is 6.81. The molecule has 1 aromatic heterocycles. The first-order valence-corrected chi connectivity index (χ1v) is 15.5. The molecule has 3 aromatic rings. The summed E-state index contributed by atoms with van der Waals surface area (Å²) in [7, 11) is 0. The zero-order chi connectivity index (χ0) is 26.8. The van der Waals surface area contributed by atoms with E-state index in [1.165, 1.54) is 24.1 Å². The predicted octanol–water partition coefficient (Wildman–Crippen LogP) is 5.80. The van der Waals surface area contributed by atoms with Gasteiger partial charge in [-0.1, -0.05) is 35.9 Å². The lowest BCUT2D eigenvalue weighted by atomic mass is 9.85. The van der Waals surface area contributed by atoms with Gasteiger partial charge in [0.15, 0.2) is 0 Å². The lowest BCUT2D eigenvalue weighted by molar-refractivity contribution is 0.106. The number of hydrogen-bond donors (Lipinski definition) is 1. The number of piperidine rings is 1. The van der Waals surface area contributed by atoms with Gasteiger partial charge in [0.05, 0.1) is 28.5 Å². The summed E-state index contributed by atoms with van der Waals surface area (Å²) >= 11 is 6.72. The molecule has 0 aliphatic carbocycles. The van der Waals surface area contributed by atoms with Gasteiger partial charge in [0, 0.05) is 48.6 Å². The molecule has 6 nitrogen and oxygen atoms in total. The molecule has 8 heteroatoms. The van der Waals surface area contributed by atoms with Crippen LogP contribution >= 0.6 is 11.6 Å². The highest BCUT2D eigenvalue weighted by Crippen LogP contribution is 2.43. The Hall–Kier alpha value is -2.48. The van der Waals surface area contributed by atoms with E-state index in [4.69, 9.17) is 26.3 Å². The quantitative estimate of drug-likeness (QED) is 0.425. The van der Waals surface area contributed by atoms with Crippen molar-refractivity contribution in [2.45, 2.75) is 87.6 Å². The van der Waals surface area contributed by atoms with Crippen LogP contribution in [-0.4, -0.2) is 64.9 Å². The Kier molecular flexibility index (Phi) is 6.19. The fourth-order valence-electron chi connectivity index (χ4n) is 8.51. The molecule has 8 rings (SSSR count). The van der Waals surface area contributed by atoms with E-state index in [1.807, 2.05) is 12.1 Å². The summed E-state index contributed by atoms with van der Waals surface area (Å²) in [6.45, 7) is 3.56. The standard InChI is InChI=1S/C32H37ClFN5O/c33-26-6-1-4-20-5-2-7-28(29(20)26)38-13-10-25-27(18-38)36-31(37-30(25)21-14-23-8-9-24(15-21)35-23)40-19-32-11-3-12-39(32)17-22(34)16-32/h1-2,4-7,21-24,35H,3,8-19H2/t21-,22-,23+,24-,32+/m1/s1. The number of ether oxygens (including phenoxy) is 1. The Labute approximate surface area is 240 Å². The average Bonchev–Trinajstić information content (AvgIpc) is 3.61. The molecular weight excluding hydrogens is 525 g/mol. The average molecular weight is 562 g/mol. The van der Waals surface area contributed by atoms with Crippen LogP contribution in [0.1, 0.15) is 67.8 Å². The molecule has 0 saturated carbocycles. The van der Waals surface area contributed by atoms with Crippen LogP contribution in [0.5, 0.6) is 6.01 Å². The first-order chi connectivity index (χ1) is 19.5. The largest absolute Gasteiger partial charge is 0.461 e. The van der Waals surface area contributed by atoms with E-state index < -0.39 is 6.17 Å². The predicted molar refractivity (Wildman–Crippen MR) is 156 cm³/mol. The maximum absolute atomic E-state index is 14.4. The third kappa shape index (κ3) is 4.27. The van der Waals surface area contributed by atoms with Crippen LogP contribution in [0.2, 0.25) is 5.02 Å². The maximum Gasteiger partial charge on any atom is 0.316 e. The molecule has 6 heterocycles. The third-order valence-electron chi connectivity index (χ3n) is 10.3. The molecule has 5 aliphatic heterocycles. The summed E-state index contributed by atoms with van der Waals surface area (Å²) < 4.78 is 20.9. The van der Waals surface area contributed by atoms with E-state index in [-0.39, 0.29) is 5.54 Å². The van der Waals surface area contributed by atoms with Crippen molar-refractivity contribution in [1.29, 1.82) is 0 Å². The normalized spacial score (nSPS) is 31.5. The molecule has 40 heavy (non-hydrogen) atoms. The van der Waals surface area contributed by atoms with E-state index in [2.05, 4.69) is 39.4 Å². The first kappa shape index (κ1) is 25.2. The van der Waals surface area contributed by atoms with Crippen LogP contribution in [0.25, 0.3) is 10.8 Å². The fraction of sp³-hybridized carbons (Fsp3) is 0.562. The minimum atomic E-state index is -0.768. The number of nitrogens with zero attached hydrogens (tertiary/aromatic N) is 4. The molecule has 4 saturated heterocycles. The first-order valence-electron chi connectivity index (χ1n) is 15.1. The number of nitrogens with one attached hydrogen (secondary N) is 1. The van der Waals surface area contributed by atoms with E-state index in [0.29, 0.717) is 50.1 Å². The van der Waals surface area contributed by atoms with Crippen LogP contribution in [0.4, 0.5) is 10.1 Å². The Balaban J connectivity index is 1.14. The lowest BCUT2D eigenvalue weighted by Gasteiger charge is -2.35. The number of halogens is 2. The summed E-state index contributed by atoms with van der Waals surface area (Å²) in [6, 6.07) is 14.2.